The van der Waals surface area contributed by atoms with E-state index < -0.39 is 5.60 Å². The van der Waals surface area contributed by atoms with Crippen molar-refractivity contribution in [3.63, 3.8) is 0 Å². The zero-order valence-electron chi connectivity index (χ0n) is 14.5. The first kappa shape index (κ1) is 17.8. The lowest BCUT2D eigenvalue weighted by molar-refractivity contribution is -0.0717. The Morgan fingerprint density at radius 1 is 1.48 bits per heavy atom. The quantitative estimate of drug-likeness (QED) is 0.877. The number of hydrogen-bond donors (Lipinski definition) is 2. The first-order valence-corrected chi connectivity index (χ1v) is 9.18. The molecular formula is C18H23N3O3S. The average Bonchev–Trinajstić information content (AvgIpc) is 3.02. The van der Waals surface area contributed by atoms with Crippen LogP contribution in [0.2, 0.25) is 0 Å². The van der Waals surface area contributed by atoms with Gasteiger partial charge in [0.15, 0.2) is 0 Å². The largest absolute Gasteiger partial charge is 0.388 e. The predicted octanol–water partition coefficient (Wildman–Crippen LogP) is 3.12. The predicted molar refractivity (Wildman–Crippen MR) is 98.9 cm³/mol. The molecule has 25 heavy (non-hydrogen) atoms. The van der Waals surface area contributed by atoms with E-state index in [0.717, 1.165) is 11.3 Å². The van der Waals surface area contributed by atoms with Crippen LogP contribution in [0.1, 0.15) is 17.7 Å². The van der Waals surface area contributed by atoms with Gasteiger partial charge in [-0.2, -0.15) is 0 Å². The molecule has 1 aliphatic heterocycles. The fourth-order valence-corrected chi connectivity index (χ4v) is 3.62. The number of nitrogens with one attached hydrogen (secondary N) is 1. The van der Waals surface area contributed by atoms with Gasteiger partial charge in [-0.25, -0.2) is 4.79 Å². The molecule has 1 fully saturated rings. The second-order valence-electron chi connectivity index (χ2n) is 6.47. The molecule has 2 N–H and O–H groups in total. The van der Waals surface area contributed by atoms with Gasteiger partial charge in [-0.3, -0.25) is 4.98 Å². The number of thiophene rings is 1. The Kier molecular flexibility index (Phi) is 5.36. The molecule has 134 valence electrons. The molecule has 0 unspecified atom stereocenters. The van der Waals surface area contributed by atoms with Gasteiger partial charge in [0.1, 0.15) is 0 Å². The van der Waals surface area contributed by atoms with Crippen LogP contribution in [0.25, 0.3) is 11.3 Å². The summed E-state index contributed by atoms with van der Waals surface area (Å²) in [6.07, 6.45) is 2.79. The molecule has 3 heterocycles. The molecule has 2 amide bonds. The number of rotatable bonds is 4. The van der Waals surface area contributed by atoms with E-state index >= 15 is 0 Å². The van der Waals surface area contributed by atoms with Crippen LogP contribution in [-0.4, -0.2) is 53.4 Å². The Bertz CT molecular complexity index is 741. The van der Waals surface area contributed by atoms with Gasteiger partial charge in [-0.15, -0.1) is 11.3 Å². The Morgan fingerprint density at radius 3 is 2.92 bits per heavy atom. The lowest BCUT2D eigenvalue weighted by Crippen LogP contribution is -2.48. The van der Waals surface area contributed by atoms with Crippen LogP contribution in [0, 0.1) is 6.92 Å². The average molecular weight is 361 g/mol. The fraction of sp³-hybridized carbons (Fsp3) is 0.444. The molecule has 0 spiro atoms. The number of nitrogens with zero attached hydrogens (tertiary/aromatic N) is 2. The van der Waals surface area contributed by atoms with Crippen LogP contribution < -0.4 is 5.32 Å². The van der Waals surface area contributed by atoms with Gasteiger partial charge < -0.3 is 20.1 Å². The number of anilines is 1. The van der Waals surface area contributed by atoms with Gasteiger partial charge in [-0.05, 0) is 25.1 Å². The summed E-state index contributed by atoms with van der Waals surface area (Å²) in [5.74, 6) is 0. The first-order chi connectivity index (χ1) is 12.0. The van der Waals surface area contributed by atoms with Crippen molar-refractivity contribution >= 4 is 23.1 Å². The summed E-state index contributed by atoms with van der Waals surface area (Å²) < 4.78 is 5.28. The van der Waals surface area contributed by atoms with E-state index in [4.69, 9.17) is 4.74 Å². The molecule has 0 radical (unpaired) electrons. The van der Waals surface area contributed by atoms with E-state index in [-0.39, 0.29) is 12.6 Å². The molecule has 2 aromatic rings. The van der Waals surface area contributed by atoms with Crippen molar-refractivity contribution in [2.45, 2.75) is 25.4 Å². The molecule has 6 nitrogen and oxygen atoms in total. The van der Waals surface area contributed by atoms with Crippen molar-refractivity contribution in [2.75, 3.05) is 32.1 Å². The van der Waals surface area contributed by atoms with Gasteiger partial charge in [0.25, 0.3) is 0 Å². The molecule has 1 aliphatic rings. The van der Waals surface area contributed by atoms with Crippen LogP contribution >= 0.6 is 11.3 Å². The highest BCUT2D eigenvalue weighted by atomic mass is 32.1. The summed E-state index contributed by atoms with van der Waals surface area (Å²) in [5, 5.41) is 15.5. The third-order valence-corrected chi connectivity index (χ3v) is 5.22. The molecule has 7 heteroatoms. The van der Waals surface area contributed by atoms with Gasteiger partial charge in [0.2, 0.25) is 0 Å². The Labute approximate surface area is 151 Å². The number of aromatic nitrogens is 1. The summed E-state index contributed by atoms with van der Waals surface area (Å²) in [5.41, 5.74) is 1.52. The number of ether oxygens (including phenoxy) is 1. The number of carbonyl (C=O) groups is 1. The van der Waals surface area contributed by atoms with Gasteiger partial charge in [0, 0.05) is 55.1 Å². The molecule has 1 saturated heterocycles. The van der Waals surface area contributed by atoms with E-state index in [1.54, 1.807) is 30.6 Å². The van der Waals surface area contributed by atoms with Crippen molar-refractivity contribution in [1.29, 1.82) is 0 Å². The molecular weight excluding hydrogens is 338 g/mol. The topological polar surface area (TPSA) is 74.7 Å². The highest BCUT2D eigenvalue weighted by Gasteiger charge is 2.32. The number of hydrogen-bond acceptors (Lipinski definition) is 5. The zero-order valence-corrected chi connectivity index (χ0v) is 15.3. The number of aliphatic hydroxyl groups is 1. The fourth-order valence-electron chi connectivity index (χ4n) is 2.94. The third kappa shape index (κ3) is 4.36. The molecule has 0 saturated carbocycles. The monoisotopic (exact) mass is 361 g/mol. The number of amides is 2. The SMILES string of the molecule is Cc1cc(-c2ncccc2NC(=O)N(C)CC2(O)CCOCC2)cs1. The lowest BCUT2D eigenvalue weighted by Gasteiger charge is -2.35. The third-order valence-electron chi connectivity index (χ3n) is 4.36. The second kappa shape index (κ2) is 7.51. The van der Waals surface area contributed by atoms with Crippen molar-refractivity contribution in [2.24, 2.45) is 0 Å². The number of pyridine rings is 1. The Hall–Kier alpha value is -1.96. The highest BCUT2D eigenvalue weighted by molar-refractivity contribution is 7.10. The minimum Gasteiger partial charge on any atom is -0.388 e. The summed E-state index contributed by atoms with van der Waals surface area (Å²) in [7, 11) is 1.69. The van der Waals surface area contributed by atoms with E-state index in [2.05, 4.69) is 16.4 Å². The molecule has 0 atom stereocenters. The van der Waals surface area contributed by atoms with E-state index in [0.29, 0.717) is 31.7 Å². The van der Waals surface area contributed by atoms with Crippen LogP contribution in [0.4, 0.5) is 10.5 Å². The van der Waals surface area contributed by atoms with Crippen LogP contribution in [0.3, 0.4) is 0 Å². The zero-order chi connectivity index (χ0) is 17.9. The first-order valence-electron chi connectivity index (χ1n) is 8.30. The molecule has 3 rings (SSSR count). The van der Waals surface area contributed by atoms with Crippen molar-refractivity contribution in [3.05, 3.63) is 34.7 Å². The minimum absolute atomic E-state index is 0.263. The maximum absolute atomic E-state index is 12.6. The Balaban J connectivity index is 1.70. The van der Waals surface area contributed by atoms with Crippen molar-refractivity contribution in [1.82, 2.24) is 9.88 Å². The van der Waals surface area contributed by atoms with Crippen LogP contribution in [0.5, 0.6) is 0 Å². The van der Waals surface area contributed by atoms with Gasteiger partial charge >= 0.3 is 6.03 Å². The normalized spacial score (nSPS) is 16.4. The highest BCUT2D eigenvalue weighted by Crippen LogP contribution is 2.29. The minimum atomic E-state index is -0.882. The maximum Gasteiger partial charge on any atom is 0.321 e. The van der Waals surface area contributed by atoms with E-state index in [1.807, 2.05) is 18.4 Å². The maximum atomic E-state index is 12.6. The summed E-state index contributed by atoms with van der Waals surface area (Å²) in [6, 6.07) is 5.42. The van der Waals surface area contributed by atoms with Crippen molar-refractivity contribution < 1.29 is 14.6 Å². The van der Waals surface area contributed by atoms with Gasteiger partial charge in [-0.1, -0.05) is 0 Å². The summed E-state index contributed by atoms with van der Waals surface area (Å²) in [4.78, 5) is 19.7. The van der Waals surface area contributed by atoms with E-state index in [1.165, 1.54) is 9.78 Å². The lowest BCUT2D eigenvalue weighted by atomic mass is 9.94. The second-order valence-corrected chi connectivity index (χ2v) is 7.58. The standard InChI is InChI=1S/C18H23N3O3S/c1-13-10-14(11-25-13)16-15(4-3-7-19-16)20-17(22)21(2)12-18(23)5-8-24-9-6-18/h3-4,7,10-11,23H,5-6,8-9,12H2,1-2H3,(H,20,22). The van der Waals surface area contributed by atoms with E-state index in [9.17, 15) is 9.90 Å². The molecule has 0 bridgehead atoms. The number of aryl methyl sites for hydroxylation is 1. The summed E-state index contributed by atoms with van der Waals surface area (Å²) >= 11 is 1.65. The smallest absolute Gasteiger partial charge is 0.321 e. The molecule has 2 aromatic heterocycles. The van der Waals surface area contributed by atoms with Crippen LogP contribution in [0.15, 0.2) is 29.8 Å². The van der Waals surface area contributed by atoms with Crippen molar-refractivity contribution in [3.8, 4) is 11.3 Å². The van der Waals surface area contributed by atoms with Crippen LogP contribution in [-0.2, 0) is 4.74 Å². The van der Waals surface area contributed by atoms with Gasteiger partial charge in [0.05, 0.1) is 23.5 Å². The molecule has 0 aromatic carbocycles. The number of urea groups is 1. The number of carbonyl (C=O) groups excluding carboxylic acids is 1. The summed E-state index contributed by atoms with van der Waals surface area (Å²) in [6.45, 7) is 3.36. The Morgan fingerprint density at radius 2 is 2.24 bits per heavy atom. The molecule has 0 aliphatic carbocycles. The number of likely N-dealkylation sites (N-methyl/N-ethyl adjacent to an activating group) is 1.